The zero-order chi connectivity index (χ0) is 16.6. The first kappa shape index (κ1) is 17.2. The molecule has 0 radical (unpaired) electrons. The van der Waals surface area contributed by atoms with Crippen molar-refractivity contribution in [3.05, 3.63) is 23.3 Å². The summed E-state index contributed by atoms with van der Waals surface area (Å²) in [7, 11) is 0. The summed E-state index contributed by atoms with van der Waals surface area (Å²) in [4.78, 5) is 0. The van der Waals surface area contributed by atoms with E-state index in [0.29, 0.717) is 11.8 Å². The average molecular weight is 319 g/mol. The van der Waals surface area contributed by atoms with E-state index in [9.17, 15) is 10.2 Å². The highest BCUT2D eigenvalue weighted by atomic mass is 16.3. The van der Waals surface area contributed by atoms with Crippen molar-refractivity contribution in [3.63, 3.8) is 0 Å². The van der Waals surface area contributed by atoms with Gasteiger partial charge in [0.2, 0.25) is 0 Å². The molecule has 3 unspecified atom stereocenters. The van der Waals surface area contributed by atoms with Gasteiger partial charge in [-0.2, -0.15) is 0 Å². The van der Waals surface area contributed by atoms with Gasteiger partial charge in [0.15, 0.2) is 0 Å². The fraction of sp³-hybridized carbons (Fsp3) is 0.810. The summed E-state index contributed by atoms with van der Waals surface area (Å²) in [6.07, 6.45) is 12.5. The van der Waals surface area contributed by atoms with Gasteiger partial charge in [-0.05, 0) is 74.5 Å². The Hall–Kier alpha value is -0.600. The zero-order valence-corrected chi connectivity index (χ0v) is 15.1. The third kappa shape index (κ3) is 3.44. The molecule has 0 amide bonds. The first-order chi connectivity index (χ1) is 10.9. The minimum absolute atomic E-state index is 0.364. The molecule has 0 heterocycles. The number of allylic oxidation sites excluding steroid dienone is 3. The number of hydrogen-bond donors (Lipinski definition) is 2. The fourth-order valence-corrected chi connectivity index (χ4v) is 5.90. The van der Waals surface area contributed by atoms with E-state index < -0.39 is 0 Å². The molecule has 5 atom stereocenters. The Morgan fingerprint density at radius 1 is 1.09 bits per heavy atom. The van der Waals surface area contributed by atoms with Crippen molar-refractivity contribution in [2.75, 3.05) is 0 Å². The number of rotatable bonds is 2. The van der Waals surface area contributed by atoms with E-state index in [4.69, 9.17) is 0 Å². The molecule has 3 aliphatic rings. The lowest BCUT2D eigenvalue weighted by atomic mass is 9.61. The SMILES string of the molecule is CC(C)C1CCC2/C(=C/C=C3C[C@@H](O)C[C@H](O)C3)CCCC21C. The second kappa shape index (κ2) is 6.72. The average Bonchev–Trinajstić information content (AvgIpc) is 2.81. The number of aliphatic hydroxyl groups is 2. The lowest BCUT2D eigenvalue weighted by Gasteiger charge is -2.43. The second-order valence-electron chi connectivity index (χ2n) is 8.86. The fourth-order valence-electron chi connectivity index (χ4n) is 5.90. The van der Waals surface area contributed by atoms with Crippen molar-refractivity contribution in [2.24, 2.45) is 23.2 Å². The van der Waals surface area contributed by atoms with Crippen molar-refractivity contribution in [2.45, 2.75) is 84.3 Å². The molecule has 0 bridgehead atoms. The van der Waals surface area contributed by atoms with Crippen LogP contribution in [0.15, 0.2) is 23.3 Å². The lowest BCUT2D eigenvalue weighted by molar-refractivity contribution is 0.0609. The van der Waals surface area contributed by atoms with Crippen molar-refractivity contribution in [1.29, 1.82) is 0 Å². The van der Waals surface area contributed by atoms with Crippen LogP contribution in [0.4, 0.5) is 0 Å². The third-order valence-corrected chi connectivity index (χ3v) is 6.92. The highest BCUT2D eigenvalue weighted by molar-refractivity contribution is 5.26. The maximum atomic E-state index is 9.85. The second-order valence-corrected chi connectivity index (χ2v) is 8.86. The highest BCUT2D eigenvalue weighted by Crippen LogP contribution is 2.59. The van der Waals surface area contributed by atoms with Gasteiger partial charge >= 0.3 is 0 Å². The smallest absolute Gasteiger partial charge is 0.0602 e. The summed E-state index contributed by atoms with van der Waals surface area (Å²) >= 11 is 0. The van der Waals surface area contributed by atoms with Crippen molar-refractivity contribution < 1.29 is 10.2 Å². The molecule has 130 valence electrons. The van der Waals surface area contributed by atoms with Crippen LogP contribution < -0.4 is 0 Å². The Morgan fingerprint density at radius 3 is 2.43 bits per heavy atom. The lowest BCUT2D eigenvalue weighted by Crippen LogP contribution is -2.35. The van der Waals surface area contributed by atoms with Crippen LogP contribution in [0.5, 0.6) is 0 Å². The zero-order valence-electron chi connectivity index (χ0n) is 15.1. The molecule has 0 aromatic heterocycles. The van der Waals surface area contributed by atoms with Crippen LogP contribution in [0, 0.1) is 23.2 Å². The van der Waals surface area contributed by atoms with Crippen molar-refractivity contribution in [1.82, 2.24) is 0 Å². The normalized spacial score (nSPS) is 43.0. The summed E-state index contributed by atoms with van der Waals surface area (Å²) in [6, 6.07) is 0. The van der Waals surface area contributed by atoms with Crippen LogP contribution >= 0.6 is 0 Å². The molecule has 0 aliphatic heterocycles. The highest BCUT2D eigenvalue weighted by Gasteiger charge is 2.49. The molecule has 3 aliphatic carbocycles. The van der Waals surface area contributed by atoms with Crippen LogP contribution in [0.3, 0.4) is 0 Å². The van der Waals surface area contributed by atoms with E-state index in [1.165, 1.54) is 37.7 Å². The molecule has 0 saturated heterocycles. The van der Waals surface area contributed by atoms with Crippen molar-refractivity contribution in [3.8, 4) is 0 Å². The predicted octanol–water partition coefficient (Wildman–Crippen LogP) is 4.62. The molecule has 23 heavy (non-hydrogen) atoms. The number of hydrogen-bond acceptors (Lipinski definition) is 2. The van der Waals surface area contributed by atoms with Crippen LogP contribution in [0.2, 0.25) is 0 Å². The van der Waals surface area contributed by atoms with Gasteiger partial charge in [-0.15, -0.1) is 0 Å². The number of fused-ring (bicyclic) bond motifs is 1. The molecule has 2 heteroatoms. The molecule has 2 nitrogen and oxygen atoms in total. The van der Waals surface area contributed by atoms with Gasteiger partial charge in [-0.3, -0.25) is 0 Å². The summed E-state index contributed by atoms with van der Waals surface area (Å²) in [6.45, 7) is 7.32. The van der Waals surface area contributed by atoms with E-state index in [-0.39, 0.29) is 12.2 Å². The standard InChI is InChI=1S/C21H34O2/c1-14(2)19-8-9-20-16(5-4-10-21(19,20)3)7-6-15-11-17(22)13-18(23)12-15/h6-7,14,17-20,22-23H,4-5,8-13H2,1-3H3/b16-7+/t17-,18-,19?,20?,21?/m1/s1. The molecular formula is C21H34O2. The Labute approximate surface area is 141 Å². The predicted molar refractivity (Wildman–Crippen MR) is 95.0 cm³/mol. The molecular weight excluding hydrogens is 284 g/mol. The quantitative estimate of drug-likeness (QED) is 0.780. The van der Waals surface area contributed by atoms with Gasteiger partial charge in [0.25, 0.3) is 0 Å². The molecule has 2 N–H and O–H groups in total. The molecule has 3 saturated carbocycles. The van der Waals surface area contributed by atoms with Gasteiger partial charge < -0.3 is 10.2 Å². The van der Waals surface area contributed by atoms with Gasteiger partial charge in [0.05, 0.1) is 12.2 Å². The summed E-state index contributed by atoms with van der Waals surface area (Å²) in [5.74, 6) is 2.40. The Kier molecular flexibility index (Phi) is 5.04. The first-order valence-electron chi connectivity index (χ1n) is 9.64. The van der Waals surface area contributed by atoms with Crippen LogP contribution in [-0.2, 0) is 0 Å². The van der Waals surface area contributed by atoms with Gasteiger partial charge in [0.1, 0.15) is 0 Å². The maximum absolute atomic E-state index is 9.85. The van der Waals surface area contributed by atoms with E-state index in [2.05, 4.69) is 32.9 Å². The monoisotopic (exact) mass is 318 g/mol. The van der Waals surface area contributed by atoms with Gasteiger partial charge in [-0.25, -0.2) is 0 Å². The van der Waals surface area contributed by atoms with Gasteiger partial charge in [0, 0.05) is 0 Å². The van der Waals surface area contributed by atoms with E-state index in [1.807, 2.05) is 0 Å². The molecule has 0 aromatic rings. The Morgan fingerprint density at radius 2 is 1.78 bits per heavy atom. The van der Waals surface area contributed by atoms with Gasteiger partial charge in [-0.1, -0.05) is 44.1 Å². The Bertz CT molecular complexity index is 478. The summed E-state index contributed by atoms with van der Waals surface area (Å²) in [5.41, 5.74) is 3.33. The van der Waals surface area contributed by atoms with E-state index in [1.54, 1.807) is 5.57 Å². The molecule has 0 aromatic carbocycles. The molecule has 3 fully saturated rings. The number of aliphatic hydroxyl groups excluding tert-OH is 2. The van der Waals surface area contributed by atoms with Crippen molar-refractivity contribution >= 4 is 0 Å². The minimum atomic E-state index is -0.364. The topological polar surface area (TPSA) is 40.5 Å². The van der Waals surface area contributed by atoms with Crippen LogP contribution in [0.1, 0.15) is 72.1 Å². The molecule has 3 rings (SSSR count). The van der Waals surface area contributed by atoms with Crippen LogP contribution in [0.25, 0.3) is 0 Å². The summed E-state index contributed by atoms with van der Waals surface area (Å²) in [5, 5.41) is 19.7. The molecule has 0 spiro atoms. The Balaban J connectivity index is 1.78. The largest absolute Gasteiger partial charge is 0.393 e. The van der Waals surface area contributed by atoms with Crippen LogP contribution in [-0.4, -0.2) is 22.4 Å². The first-order valence-corrected chi connectivity index (χ1v) is 9.64. The maximum Gasteiger partial charge on any atom is 0.0602 e. The third-order valence-electron chi connectivity index (χ3n) is 6.92. The van der Waals surface area contributed by atoms with E-state index in [0.717, 1.165) is 30.6 Å². The van der Waals surface area contributed by atoms with E-state index >= 15 is 0 Å². The minimum Gasteiger partial charge on any atom is -0.393 e. The summed E-state index contributed by atoms with van der Waals surface area (Å²) < 4.78 is 0.